The fraction of sp³-hybridized carbons (Fsp3) is 0.320. The number of carbonyl (C=O) groups is 2. The Morgan fingerprint density at radius 1 is 1.00 bits per heavy atom. The lowest BCUT2D eigenvalue weighted by Crippen LogP contribution is -2.42. The van der Waals surface area contributed by atoms with E-state index >= 15 is 0 Å². The summed E-state index contributed by atoms with van der Waals surface area (Å²) in [6, 6.07) is 15.2. The number of aromatic nitrogens is 1. The largest absolute Gasteiger partial charge is 0.298 e. The number of Topliss-reactive ketones (excluding diaryl/α,β-unsaturated/α-hetero) is 1. The quantitative estimate of drug-likeness (QED) is 0.487. The maximum Gasteiger partial charge on any atom is 0.257 e. The summed E-state index contributed by atoms with van der Waals surface area (Å²) in [5.41, 5.74) is 1.63. The highest BCUT2D eigenvalue weighted by atomic mass is 32.2. The van der Waals surface area contributed by atoms with Crippen molar-refractivity contribution in [3.05, 3.63) is 65.0 Å². The normalized spacial score (nSPS) is 19.0. The third-order valence-corrected chi connectivity index (χ3v) is 8.72. The Morgan fingerprint density at radius 2 is 1.62 bits per heavy atom. The van der Waals surface area contributed by atoms with Crippen LogP contribution in [0.4, 0.5) is 5.13 Å². The third kappa shape index (κ3) is 5.11. The van der Waals surface area contributed by atoms with Crippen molar-refractivity contribution < 1.29 is 18.0 Å². The summed E-state index contributed by atoms with van der Waals surface area (Å²) in [7, 11) is -3.62. The van der Waals surface area contributed by atoms with Gasteiger partial charge in [0.05, 0.1) is 15.5 Å². The SMILES string of the molecule is CC(=O)c1sc(NC(=O)c2ccc(S(=O)(=O)N3C[C@@H](C)C[C@H](C)C3)cc2)nc1-c1ccccc1. The van der Waals surface area contributed by atoms with E-state index in [1.165, 1.54) is 35.5 Å². The molecular formula is C25H27N3O4S2. The molecule has 1 fully saturated rings. The van der Waals surface area contributed by atoms with E-state index in [1.807, 2.05) is 30.3 Å². The van der Waals surface area contributed by atoms with E-state index in [-0.39, 0.29) is 10.7 Å². The van der Waals surface area contributed by atoms with Gasteiger partial charge in [-0.3, -0.25) is 14.9 Å². The van der Waals surface area contributed by atoms with Crippen molar-refractivity contribution in [2.45, 2.75) is 32.1 Å². The van der Waals surface area contributed by atoms with Gasteiger partial charge in [0.15, 0.2) is 10.9 Å². The van der Waals surface area contributed by atoms with E-state index in [9.17, 15) is 18.0 Å². The highest BCUT2D eigenvalue weighted by Crippen LogP contribution is 2.32. The van der Waals surface area contributed by atoms with Crippen LogP contribution in [0, 0.1) is 11.8 Å². The topological polar surface area (TPSA) is 96.4 Å². The first-order chi connectivity index (χ1) is 16.1. The van der Waals surface area contributed by atoms with E-state index in [0.29, 0.717) is 46.2 Å². The van der Waals surface area contributed by atoms with Crippen LogP contribution >= 0.6 is 11.3 Å². The molecule has 2 aromatic carbocycles. The molecule has 1 aromatic heterocycles. The van der Waals surface area contributed by atoms with Gasteiger partial charge < -0.3 is 0 Å². The number of piperidine rings is 1. The number of nitrogens with one attached hydrogen (secondary N) is 1. The molecule has 2 atom stereocenters. The number of nitrogens with zero attached hydrogens (tertiary/aromatic N) is 2. The number of hydrogen-bond donors (Lipinski definition) is 1. The standard InChI is InChI=1S/C25H27N3O4S2/c1-16-13-17(2)15-28(14-16)34(31,32)21-11-9-20(10-12-21)24(30)27-25-26-22(23(33-25)18(3)29)19-7-5-4-6-8-19/h4-12,16-17H,13-15H2,1-3H3,(H,26,27,30)/t16-,17-/m0/s1. The third-order valence-electron chi connectivity index (χ3n) is 5.80. The molecule has 0 radical (unpaired) electrons. The molecule has 178 valence electrons. The summed E-state index contributed by atoms with van der Waals surface area (Å²) in [5, 5.41) is 3.04. The van der Waals surface area contributed by atoms with Gasteiger partial charge in [-0.1, -0.05) is 55.5 Å². The van der Waals surface area contributed by atoms with Gasteiger partial charge in [-0.05, 0) is 42.5 Å². The Morgan fingerprint density at radius 3 is 2.21 bits per heavy atom. The zero-order valence-electron chi connectivity index (χ0n) is 19.3. The lowest BCUT2D eigenvalue weighted by Gasteiger charge is -2.34. The van der Waals surface area contributed by atoms with Crippen molar-refractivity contribution in [3.8, 4) is 11.3 Å². The average Bonchev–Trinajstić information content (AvgIpc) is 3.23. The summed E-state index contributed by atoms with van der Waals surface area (Å²) in [6.07, 6.45) is 1.01. The van der Waals surface area contributed by atoms with Crippen LogP contribution in [-0.4, -0.2) is 42.5 Å². The molecule has 0 unspecified atom stereocenters. The maximum atomic E-state index is 13.1. The molecule has 0 spiro atoms. The molecule has 3 aromatic rings. The van der Waals surface area contributed by atoms with Crippen molar-refractivity contribution in [2.24, 2.45) is 11.8 Å². The number of amides is 1. The lowest BCUT2D eigenvalue weighted by atomic mass is 9.94. The van der Waals surface area contributed by atoms with E-state index in [0.717, 1.165) is 23.3 Å². The van der Waals surface area contributed by atoms with Crippen molar-refractivity contribution in [1.29, 1.82) is 0 Å². The molecule has 1 saturated heterocycles. The Hall–Kier alpha value is -2.88. The summed E-state index contributed by atoms with van der Waals surface area (Å²) in [4.78, 5) is 30.0. The predicted molar refractivity (Wildman–Crippen MR) is 134 cm³/mol. The number of anilines is 1. The molecule has 4 rings (SSSR count). The van der Waals surface area contributed by atoms with Gasteiger partial charge in [0, 0.05) is 31.1 Å². The lowest BCUT2D eigenvalue weighted by molar-refractivity contribution is 0.101. The minimum absolute atomic E-state index is 0.132. The molecule has 9 heteroatoms. The second kappa shape index (κ2) is 9.77. The second-order valence-electron chi connectivity index (χ2n) is 8.87. The Balaban J connectivity index is 1.52. The summed E-state index contributed by atoms with van der Waals surface area (Å²) < 4.78 is 27.7. The molecule has 1 aliphatic rings. The van der Waals surface area contributed by atoms with Crippen molar-refractivity contribution in [3.63, 3.8) is 0 Å². The highest BCUT2D eigenvalue weighted by molar-refractivity contribution is 7.89. The molecule has 1 N–H and O–H groups in total. The van der Waals surface area contributed by atoms with Crippen LogP contribution in [0.25, 0.3) is 11.3 Å². The predicted octanol–water partition coefficient (Wildman–Crippen LogP) is 4.93. The van der Waals surface area contributed by atoms with Crippen molar-refractivity contribution in [1.82, 2.24) is 9.29 Å². The van der Waals surface area contributed by atoms with E-state index in [4.69, 9.17) is 0 Å². The van der Waals surface area contributed by atoms with Crippen LogP contribution in [0.3, 0.4) is 0 Å². The number of carbonyl (C=O) groups excluding carboxylic acids is 2. The zero-order valence-corrected chi connectivity index (χ0v) is 20.9. The monoisotopic (exact) mass is 497 g/mol. The molecule has 0 bridgehead atoms. The number of sulfonamides is 1. The highest BCUT2D eigenvalue weighted by Gasteiger charge is 2.31. The number of hydrogen-bond acceptors (Lipinski definition) is 6. The van der Waals surface area contributed by atoms with Gasteiger partial charge in [0.1, 0.15) is 0 Å². The minimum atomic E-state index is -3.62. The summed E-state index contributed by atoms with van der Waals surface area (Å²) >= 11 is 1.12. The first-order valence-corrected chi connectivity index (χ1v) is 13.4. The Bertz CT molecular complexity index is 1290. The van der Waals surface area contributed by atoms with Gasteiger partial charge in [-0.2, -0.15) is 4.31 Å². The molecule has 1 aliphatic heterocycles. The number of benzene rings is 2. The van der Waals surface area contributed by atoms with Crippen LogP contribution in [0.2, 0.25) is 0 Å². The van der Waals surface area contributed by atoms with Crippen LogP contribution in [0.15, 0.2) is 59.5 Å². The fourth-order valence-corrected chi connectivity index (χ4v) is 6.86. The molecule has 1 amide bonds. The molecule has 0 saturated carbocycles. The molecule has 7 nitrogen and oxygen atoms in total. The van der Waals surface area contributed by atoms with E-state index in [2.05, 4.69) is 24.1 Å². The van der Waals surface area contributed by atoms with E-state index < -0.39 is 15.9 Å². The average molecular weight is 498 g/mol. The minimum Gasteiger partial charge on any atom is -0.298 e. The molecular weight excluding hydrogens is 470 g/mol. The number of ketones is 1. The Kier molecular flexibility index (Phi) is 6.97. The van der Waals surface area contributed by atoms with Crippen LogP contribution in [-0.2, 0) is 10.0 Å². The molecule has 0 aliphatic carbocycles. The van der Waals surface area contributed by atoms with Gasteiger partial charge in [-0.25, -0.2) is 13.4 Å². The van der Waals surface area contributed by atoms with Crippen LogP contribution < -0.4 is 5.32 Å². The smallest absolute Gasteiger partial charge is 0.257 e. The van der Waals surface area contributed by atoms with Crippen LogP contribution in [0.5, 0.6) is 0 Å². The number of thiazole rings is 1. The zero-order chi connectivity index (χ0) is 24.5. The van der Waals surface area contributed by atoms with Crippen molar-refractivity contribution >= 4 is 38.2 Å². The summed E-state index contributed by atoms with van der Waals surface area (Å²) in [6.45, 7) is 6.59. The Labute approximate surface area is 203 Å². The van der Waals surface area contributed by atoms with Crippen molar-refractivity contribution in [2.75, 3.05) is 18.4 Å². The first-order valence-electron chi connectivity index (χ1n) is 11.1. The van der Waals surface area contributed by atoms with Gasteiger partial charge in [0.25, 0.3) is 5.91 Å². The maximum absolute atomic E-state index is 13.1. The van der Waals surface area contributed by atoms with Gasteiger partial charge >= 0.3 is 0 Å². The second-order valence-corrected chi connectivity index (χ2v) is 11.8. The molecule has 34 heavy (non-hydrogen) atoms. The van der Waals surface area contributed by atoms with Gasteiger partial charge in [-0.15, -0.1) is 0 Å². The van der Waals surface area contributed by atoms with Gasteiger partial charge in [0.2, 0.25) is 10.0 Å². The van der Waals surface area contributed by atoms with E-state index in [1.54, 1.807) is 0 Å². The molecule has 2 heterocycles. The number of rotatable bonds is 6. The fourth-order valence-electron chi connectivity index (χ4n) is 4.30. The summed E-state index contributed by atoms with van der Waals surface area (Å²) in [5.74, 6) is 0.0606. The first kappa shape index (κ1) is 24.3. The van der Waals surface area contributed by atoms with Crippen LogP contribution in [0.1, 0.15) is 47.2 Å².